The van der Waals surface area contributed by atoms with E-state index < -0.39 is 0 Å². The van der Waals surface area contributed by atoms with Gasteiger partial charge in [-0.1, -0.05) is 0 Å². The summed E-state index contributed by atoms with van der Waals surface area (Å²) in [6.07, 6.45) is 6.05. The van der Waals surface area contributed by atoms with Gasteiger partial charge in [0.15, 0.2) is 6.29 Å². The van der Waals surface area contributed by atoms with Crippen molar-refractivity contribution >= 4 is 6.29 Å². The van der Waals surface area contributed by atoms with Gasteiger partial charge in [-0.3, -0.25) is 9.89 Å². The van der Waals surface area contributed by atoms with Crippen LogP contribution in [0.1, 0.15) is 28.9 Å². The van der Waals surface area contributed by atoms with E-state index in [1.54, 1.807) is 6.20 Å². The molecular formula is C8H10N2O. The van der Waals surface area contributed by atoms with Gasteiger partial charge < -0.3 is 0 Å². The van der Waals surface area contributed by atoms with Crippen molar-refractivity contribution in [3.63, 3.8) is 0 Å². The Morgan fingerprint density at radius 3 is 3.18 bits per heavy atom. The van der Waals surface area contributed by atoms with Gasteiger partial charge in [0.2, 0.25) is 0 Å². The summed E-state index contributed by atoms with van der Waals surface area (Å²) in [6.45, 7) is 0. The first-order chi connectivity index (χ1) is 5.40. The average molecular weight is 150 g/mol. The number of H-pyrrole nitrogens is 1. The monoisotopic (exact) mass is 150 g/mol. The summed E-state index contributed by atoms with van der Waals surface area (Å²) in [7, 11) is 0. The van der Waals surface area contributed by atoms with Gasteiger partial charge >= 0.3 is 0 Å². The second-order valence-electron chi connectivity index (χ2n) is 3.07. The van der Waals surface area contributed by atoms with Crippen molar-refractivity contribution in [2.75, 3.05) is 0 Å². The summed E-state index contributed by atoms with van der Waals surface area (Å²) < 4.78 is 0. The minimum atomic E-state index is 0.719. The van der Waals surface area contributed by atoms with Gasteiger partial charge in [-0.05, 0) is 25.2 Å². The number of hydrogen-bond donors (Lipinski definition) is 1. The first-order valence-electron chi connectivity index (χ1n) is 3.87. The van der Waals surface area contributed by atoms with E-state index in [0.717, 1.165) is 29.9 Å². The highest BCUT2D eigenvalue weighted by molar-refractivity contribution is 5.75. The fraction of sp³-hybridized carbons (Fsp3) is 0.500. The topological polar surface area (TPSA) is 45.8 Å². The lowest BCUT2D eigenvalue weighted by molar-refractivity contribution is 0.112. The molecule has 0 spiro atoms. The average Bonchev–Trinajstić information content (AvgIpc) is 2.68. The van der Waals surface area contributed by atoms with Gasteiger partial charge in [0.25, 0.3) is 0 Å². The quantitative estimate of drug-likeness (QED) is 0.657. The molecule has 0 atom stereocenters. The molecule has 1 aliphatic carbocycles. The lowest BCUT2D eigenvalue weighted by Gasteiger charge is -1.93. The van der Waals surface area contributed by atoms with E-state index in [1.165, 1.54) is 12.8 Å². The minimum Gasteiger partial charge on any atom is -0.298 e. The minimum absolute atomic E-state index is 0.719. The van der Waals surface area contributed by atoms with E-state index in [-0.39, 0.29) is 0 Å². The van der Waals surface area contributed by atoms with Crippen LogP contribution in [0.15, 0.2) is 6.20 Å². The fourth-order valence-electron chi connectivity index (χ4n) is 1.20. The van der Waals surface area contributed by atoms with Crippen LogP contribution < -0.4 is 0 Å². The van der Waals surface area contributed by atoms with E-state index in [1.807, 2.05) is 0 Å². The summed E-state index contributed by atoms with van der Waals surface area (Å²) in [6, 6.07) is 0. The number of carbonyl (C=O) groups is 1. The molecule has 0 aromatic carbocycles. The number of rotatable bonds is 3. The number of nitrogens with zero attached hydrogens (tertiary/aromatic N) is 1. The van der Waals surface area contributed by atoms with Crippen molar-refractivity contribution < 1.29 is 4.79 Å². The van der Waals surface area contributed by atoms with Crippen LogP contribution in [0.2, 0.25) is 0 Å². The van der Waals surface area contributed by atoms with Crippen LogP contribution in [0.25, 0.3) is 0 Å². The molecule has 1 aromatic heterocycles. The van der Waals surface area contributed by atoms with Gasteiger partial charge in [0.05, 0.1) is 11.8 Å². The Balaban J connectivity index is 2.13. The molecule has 1 heterocycles. The second-order valence-corrected chi connectivity index (χ2v) is 3.07. The second kappa shape index (κ2) is 2.49. The molecule has 11 heavy (non-hydrogen) atoms. The first kappa shape index (κ1) is 6.58. The molecule has 0 amide bonds. The molecule has 58 valence electrons. The van der Waals surface area contributed by atoms with Crippen LogP contribution in [0.5, 0.6) is 0 Å². The highest BCUT2D eigenvalue weighted by atomic mass is 16.1. The Labute approximate surface area is 64.8 Å². The maximum Gasteiger partial charge on any atom is 0.153 e. The molecule has 1 saturated carbocycles. The third-order valence-corrected chi connectivity index (χ3v) is 2.07. The standard InChI is InChI=1S/C8H10N2O/c11-5-7-4-9-10-8(7)3-6-1-2-6/h4-6H,1-3H2,(H,9,10). The Kier molecular flexibility index (Phi) is 1.49. The SMILES string of the molecule is O=Cc1cn[nH]c1CC1CC1. The summed E-state index contributed by atoms with van der Waals surface area (Å²) in [4.78, 5) is 10.4. The third kappa shape index (κ3) is 1.31. The van der Waals surface area contributed by atoms with Gasteiger partial charge in [-0.2, -0.15) is 5.10 Å². The van der Waals surface area contributed by atoms with Crippen molar-refractivity contribution in [2.45, 2.75) is 19.3 Å². The molecule has 0 bridgehead atoms. The normalized spacial score (nSPS) is 16.7. The van der Waals surface area contributed by atoms with E-state index in [9.17, 15) is 4.79 Å². The molecule has 1 fully saturated rings. The lowest BCUT2D eigenvalue weighted by atomic mass is 10.1. The predicted octanol–water partition coefficient (Wildman–Crippen LogP) is 1.17. The number of aromatic amines is 1. The smallest absolute Gasteiger partial charge is 0.153 e. The van der Waals surface area contributed by atoms with Crippen LogP contribution in [0, 0.1) is 5.92 Å². The molecule has 1 aliphatic rings. The molecule has 0 aliphatic heterocycles. The van der Waals surface area contributed by atoms with Gasteiger partial charge in [-0.15, -0.1) is 0 Å². The summed E-state index contributed by atoms with van der Waals surface area (Å²) in [5.74, 6) is 0.800. The Bertz CT molecular complexity index is 263. The van der Waals surface area contributed by atoms with Crippen LogP contribution in [-0.4, -0.2) is 16.5 Å². The maximum atomic E-state index is 10.4. The number of aldehydes is 1. The predicted molar refractivity (Wildman–Crippen MR) is 40.4 cm³/mol. The summed E-state index contributed by atoms with van der Waals surface area (Å²) in [5, 5.41) is 6.66. The van der Waals surface area contributed by atoms with Crippen molar-refractivity contribution in [2.24, 2.45) is 5.92 Å². The van der Waals surface area contributed by atoms with Crippen molar-refractivity contribution in [3.05, 3.63) is 17.5 Å². The molecule has 0 radical (unpaired) electrons. The molecule has 1 N–H and O–H groups in total. The third-order valence-electron chi connectivity index (χ3n) is 2.07. The molecule has 0 unspecified atom stereocenters. The molecule has 2 rings (SSSR count). The zero-order valence-electron chi connectivity index (χ0n) is 6.21. The van der Waals surface area contributed by atoms with Gasteiger partial charge in [-0.25, -0.2) is 0 Å². The number of carbonyl (C=O) groups excluding carboxylic acids is 1. The molecule has 1 aromatic rings. The van der Waals surface area contributed by atoms with E-state index in [0.29, 0.717) is 0 Å². The van der Waals surface area contributed by atoms with E-state index >= 15 is 0 Å². The van der Waals surface area contributed by atoms with Gasteiger partial charge in [0, 0.05) is 5.69 Å². The Morgan fingerprint density at radius 2 is 2.55 bits per heavy atom. The Hall–Kier alpha value is -1.12. The van der Waals surface area contributed by atoms with Crippen molar-refractivity contribution in [1.29, 1.82) is 0 Å². The highest BCUT2D eigenvalue weighted by Gasteiger charge is 2.23. The van der Waals surface area contributed by atoms with E-state index in [4.69, 9.17) is 0 Å². The molecule has 0 saturated heterocycles. The van der Waals surface area contributed by atoms with Crippen molar-refractivity contribution in [1.82, 2.24) is 10.2 Å². The maximum absolute atomic E-state index is 10.4. The largest absolute Gasteiger partial charge is 0.298 e. The first-order valence-corrected chi connectivity index (χ1v) is 3.87. The lowest BCUT2D eigenvalue weighted by Crippen LogP contribution is -1.91. The number of aromatic nitrogens is 2. The van der Waals surface area contributed by atoms with Crippen LogP contribution >= 0.6 is 0 Å². The van der Waals surface area contributed by atoms with Crippen LogP contribution in [-0.2, 0) is 6.42 Å². The molecular weight excluding hydrogens is 140 g/mol. The summed E-state index contributed by atoms with van der Waals surface area (Å²) in [5.41, 5.74) is 1.72. The van der Waals surface area contributed by atoms with E-state index in [2.05, 4.69) is 10.2 Å². The van der Waals surface area contributed by atoms with Crippen molar-refractivity contribution in [3.8, 4) is 0 Å². The highest BCUT2D eigenvalue weighted by Crippen LogP contribution is 2.32. The zero-order valence-corrected chi connectivity index (χ0v) is 6.21. The van der Waals surface area contributed by atoms with Crippen LogP contribution in [0.4, 0.5) is 0 Å². The fourth-order valence-corrected chi connectivity index (χ4v) is 1.20. The number of nitrogens with one attached hydrogen (secondary N) is 1. The Morgan fingerprint density at radius 1 is 1.73 bits per heavy atom. The number of hydrogen-bond acceptors (Lipinski definition) is 2. The molecule has 3 heteroatoms. The van der Waals surface area contributed by atoms with Crippen LogP contribution in [0.3, 0.4) is 0 Å². The molecule has 3 nitrogen and oxygen atoms in total. The van der Waals surface area contributed by atoms with Gasteiger partial charge in [0.1, 0.15) is 0 Å². The zero-order chi connectivity index (χ0) is 7.68. The summed E-state index contributed by atoms with van der Waals surface area (Å²) >= 11 is 0.